The molecule has 0 aromatic heterocycles. The van der Waals surface area contributed by atoms with E-state index in [1.807, 2.05) is 0 Å². The summed E-state index contributed by atoms with van der Waals surface area (Å²) in [5.74, 6) is 6.18. The van der Waals surface area contributed by atoms with Crippen LogP contribution in [0.5, 0.6) is 0 Å². The largest absolute Gasteiger partial charge is 0.354 e. The summed E-state index contributed by atoms with van der Waals surface area (Å²) in [5.41, 5.74) is 0. The Bertz CT molecular complexity index is 241. The average molecular weight is 173 g/mol. The molecule has 0 aliphatic carbocycles. The van der Waals surface area contributed by atoms with Crippen molar-refractivity contribution in [2.45, 2.75) is 6.35 Å². The van der Waals surface area contributed by atoms with Crippen LogP contribution in [-0.4, -0.2) is 38.2 Å². The van der Waals surface area contributed by atoms with Crippen molar-refractivity contribution in [2.75, 3.05) is 5.75 Å². The summed E-state index contributed by atoms with van der Waals surface area (Å²) in [6.45, 7) is 0. The van der Waals surface area contributed by atoms with Crippen molar-refractivity contribution in [3.8, 4) is 0 Å². The Morgan fingerprint density at radius 3 is 3.18 bits per heavy atom. The molecule has 0 saturated carbocycles. The van der Waals surface area contributed by atoms with Gasteiger partial charge in [0.05, 0.1) is 5.75 Å². The van der Waals surface area contributed by atoms with Gasteiger partial charge in [-0.25, -0.2) is 5.84 Å². The van der Waals surface area contributed by atoms with Crippen LogP contribution in [0.15, 0.2) is 5.10 Å². The second-order valence-electron chi connectivity index (χ2n) is 2.21. The summed E-state index contributed by atoms with van der Waals surface area (Å²) in [5, 5.41) is 22.0. The van der Waals surface area contributed by atoms with Crippen LogP contribution in [0.4, 0.5) is 0 Å². The maximum absolute atomic E-state index is 9.30. The molecule has 0 radical (unpaired) electrons. The number of amidine groups is 2. The number of hydrazone groups is 1. The van der Waals surface area contributed by atoms with Gasteiger partial charge in [0.2, 0.25) is 6.35 Å². The van der Waals surface area contributed by atoms with Gasteiger partial charge in [-0.1, -0.05) is 11.8 Å². The van der Waals surface area contributed by atoms with E-state index in [4.69, 9.17) is 11.3 Å². The highest BCUT2D eigenvalue weighted by Crippen LogP contribution is 2.26. The highest BCUT2D eigenvalue weighted by Gasteiger charge is 2.38. The fourth-order valence-corrected chi connectivity index (χ4v) is 1.87. The lowest BCUT2D eigenvalue weighted by atomic mass is 10.6. The van der Waals surface area contributed by atoms with Crippen molar-refractivity contribution in [3.05, 3.63) is 0 Å². The van der Waals surface area contributed by atoms with Gasteiger partial charge >= 0.3 is 0 Å². The summed E-state index contributed by atoms with van der Waals surface area (Å²) in [6, 6.07) is 0. The topological polar surface area (TPSA) is 88.9 Å². The highest BCUT2D eigenvalue weighted by molar-refractivity contribution is 8.15. The second kappa shape index (κ2) is 2.10. The van der Waals surface area contributed by atoms with Crippen molar-refractivity contribution < 1.29 is 5.11 Å². The summed E-state index contributed by atoms with van der Waals surface area (Å²) < 4.78 is 0. The third-order valence-electron chi connectivity index (χ3n) is 1.50. The maximum atomic E-state index is 9.30. The zero-order valence-electron chi connectivity index (χ0n) is 5.56. The van der Waals surface area contributed by atoms with Crippen LogP contribution in [0.25, 0.3) is 0 Å². The molecule has 2 rings (SSSR count). The molecule has 0 spiro atoms. The zero-order chi connectivity index (χ0) is 8.01. The van der Waals surface area contributed by atoms with E-state index in [0.717, 1.165) is 5.12 Å². The Balaban J connectivity index is 2.31. The number of fused-ring (bicyclic) bond motifs is 1. The molecule has 0 aromatic rings. The number of rotatable bonds is 0. The molecule has 1 atom stereocenters. The van der Waals surface area contributed by atoms with Gasteiger partial charge in [0, 0.05) is 0 Å². The summed E-state index contributed by atoms with van der Waals surface area (Å²) in [7, 11) is 0. The Hall–Kier alpha value is -0.790. The molecule has 60 valence electrons. The van der Waals surface area contributed by atoms with Crippen LogP contribution in [0.3, 0.4) is 0 Å². The van der Waals surface area contributed by atoms with Gasteiger partial charge in [-0.05, 0) is 0 Å². The molecule has 4 N–H and O–H groups in total. The number of nitrogens with two attached hydrogens (primary N) is 1. The minimum Gasteiger partial charge on any atom is -0.354 e. The summed E-state index contributed by atoms with van der Waals surface area (Å²) in [6.07, 6.45) is -0.993. The molecule has 7 heteroatoms. The molecule has 0 amide bonds. The first-order valence-corrected chi connectivity index (χ1v) is 3.99. The Labute approximate surface area is 67.1 Å². The Morgan fingerprint density at radius 1 is 1.82 bits per heavy atom. The molecule has 11 heavy (non-hydrogen) atoms. The lowest BCUT2D eigenvalue weighted by Crippen LogP contribution is -2.45. The first-order chi connectivity index (χ1) is 5.20. The minimum absolute atomic E-state index is 0.342. The molecule has 1 unspecified atom stereocenters. The Kier molecular flexibility index (Phi) is 1.31. The molecule has 1 fully saturated rings. The van der Waals surface area contributed by atoms with E-state index < -0.39 is 6.35 Å². The van der Waals surface area contributed by atoms with Gasteiger partial charge in [-0.2, -0.15) is 5.12 Å². The number of hydrazine groups is 1. The summed E-state index contributed by atoms with van der Waals surface area (Å²) in [4.78, 5) is 1.39. The van der Waals surface area contributed by atoms with Crippen molar-refractivity contribution in [3.63, 3.8) is 0 Å². The van der Waals surface area contributed by atoms with E-state index in [9.17, 15) is 5.11 Å². The number of hydrogen-bond acceptors (Lipinski definition) is 6. The van der Waals surface area contributed by atoms with E-state index in [1.54, 1.807) is 0 Å². The van der Waals surface area contributed by atoms with Crippen LogP contribution in [0, 0.1) is 5.41 Å². The van der Waals surface area contributed by atoms with Crippen molar-refractivity contribution >= 4 is 22.8 Å². The fourth-order valence-electron chi connectivity index (χ4n) is 0.971. The van der Waals surface area contributed by atoms with E-state index >= 15 is 0 Å². The van der Waals surface area contributed by atoms with Crippen molar-refractivity contribution in [1.29, 1.82) is 5.41 Å². The number of aliphatic hydroxyl groups is 1. The third-order valence-corrected chi connectivity index (χ3v) is 2.46. The molecule has 0 aromatic carbocycles. The predicted octanol–water partition coefficient (Wildman–Crippen LogP) is -1.25. The number of nitrogens with zero attached hydrogens (tertiary/aromatic N) is 3. The minimum atomic E-state index is -0.993. The standard InChI is InChI=1S/C4H7N5OS/c5-2-1-11-3-7-9(6)4(10)8(2)3/h4-5,10H,1,6H2. The van der Waals surface area contributed by atoms with Gasteiger partial charge < -0.3 is 5.11 Å². The number of thioether (sulfide) groups is 1. The van der Waals surface area contributed by atoms with Gasteiger partial charge in [0.25, 0.3) is 0 Å². The molecular formula is C4H7N5OS. The van der Waals surface area contributed by atoms with Crippen LogP contribution < -0.4 is 5.84 Å². The smallest absolute Gasteiger partial charge is 0.244 e. The maximum Gasteiger partial charge on any atom is 0.244 e. The first kappa shape index (κ1) is 6.89. The average Bonchev–Trinajstić information content (AvgIpc) is 2.41. The molecule has 1 saturated heterocycles. The lowest BCUT2D eigenvalue weighted by molar-refractivity contribution is -0.0340. The number of nitrogens with one attached hydrogen (secondary N) is 1. The van der Waals surface area contributed by atoms with E-state index in [2.05, 4.69) is 5.10 Å². The monoisotopic (exact) mass is 173 g/mol. The second-order valence-corrected chi connectivity index (χ2v) is 3.16. The number of aliphatic hydroxyl groups excluding tert-OH is 1. The van der Waals surface area contributed by atoms with Gasteiger partial charge in [-0.3, -0.25) is 10.3 Å². The van der Waals surface area contributed by atoms with E-state index in [-0.39, 0.29) is 0 Å². The van der Waals surface area contributed by atoms with Crippen LogP contribution in [0.2, 0.25) is 0 Å². The molecule has 2 aliphatic rings. The van der Waals surface area contributed by atoms with Gasteiger partial charge in [-0.15, -0.1) is 5.10 Å². The quantitative estimate of drug-likeness (QED) is 0.398. The Morgan fingerprint density at radius 2 is 2.55 bits per heavy atom. The van der Waals surface area contributed by atoms with E-state index in [0.29, 0.717) is 16.8 Å². The van der Waals surface area contributed by atoms with Gasteiger partial charge in [0.1, 0.15) is 5.84 Å². The molecular weight excluding hydrogens is 166 g/mol. The fraction of sp³-hybridized carbons (Fsp3) is 0.500. The molecule has 0 bridgehead atoms. The highest BCUT2D eigenvalue weighted by atomic mass is 32.2. The lowest BCUT2D eigenvalue weighted by Gasteiger charge is -2.19. The molecule has 2 aliphatic heterocycles. The van der Waals surface area contributed by atoms with Crippen molar-refractivity contribution in [1.82, 2.24) is 10.0 Å². The van der Waals surface area contributed by atoms with Gasteiger partial charge in [0.15, 0.2) is 5.17 Å². The normalized spacial score (nSPS) is 29.5. The first-order valence-electron chi connectivity index (χ1n) is 3.00. The van der Waals surface area contributed by atoms with E-state index in [1.165, 1.54) is 16.7 Å². The SMILES string of the molecule is N=C1CSC2=NN(N)C(O)N12. The van der Waals surface area contributed by atoms with Crippen molar-refractivity contribution in [2.24, 2.45) is 10.9 Å². The third kappa shape index (κ3) is 0.817. The molecule has 6 nitrogen and oxygen atoms in total. The van der Waals surface area contributed by atoms with Crippen LogP contribution in [-0.2, 0) is 0 Å². The van der Waals surface area contributed by atoms with Crippen LogP contribution >= 0.6 is 11.8 Å². The summed E-state index contributed by atoms with van der Waals surface area (Å²) >= 11 is 1.40. The molecule has 2 heterocycles. The number of hydrogen-bond donors (Lipinski definition) is 3. The van der Waals surface area contributed by atoms with Crippen LogP contribution in [0.1, 0.15) is 0 Å². The zero-order valence-corrected chi connectivity index (χ0v) is 6.38. The predicted molar refractivity (Wildman–Crippen MR) is 41.5 cm³/mol.